The first-order valence-corrected chi connectivity index (χ1v) is 5.21. The van der Waals surface area contributed by atoms with Crippen molar-refractivity contribution in [3.05, 3.63) is 34.9 Å². The van der Waals surface area contributed by atoms with Gasteiger partial charge >= 0.3 is 0 Å². The molecule has 1 aromatic carbocycles. The maximum Gasteiger partial charge on any atom is 0.0484 e. The van der Waals surface area contributed by atoms with Gasteiger partial charge in [-0.3, -0.25) is 11.3 Å². The number of nitrogens with two attached hydrogens (primary N) is 1. The number of aryl methyl sites for hydroxylation is 2. The van der Waals surface area contributed by atoms with Crippen LogP contribution in [-0.2, 0) is 4.74 Å². The van der Waals surface area contributed by atoms with Crippen molar-refractivity contribution in [1.29, 1.82) is 0 Å². The van der Waals surface area contributed by atoms with Gasteiger partial charge in [-0.1, -0.05) is 23.8 Å². The summed E-state index contributed by atoms with van der Waals surface area (Å²) in [5.41, 5.74) is 6.62. The smallest absolute Gasteiger partial charge is 0.0484 e. The Morgan fingerprint density at radius 2 is 2.13 bits per heavy atom. The van der Waals surface area contributed by atoms with E-state index >= 15 is 0 Å². The van der Waals surface area contributed by atoms with Gasteiger partial charge in [-0.25, -0.2) is 0 Å². The fourth-order valence-electron chi connectivity index (χ4n) is 1.70. The van der Waals surface area contributed by atoms with E-state index in [0.717, 1.165) is 6.42 Å². The molecule has 1 aromatic rings. The van der Waals surface area contributed by atoms with E-state index in [0.29, 0.717) is 6.61 Å². The SMILES string of the molecule is COCCC(NN)c1cc(C)ccc1C. The molecule has 15 heavy (non-hydrogen) atoms. The summed E-state index contributed by atoms with van der Waals surface area (Å²) in [6.07, 6.45) is 0.886. The third kappa shape index (κ3) is 3.30. The summed E-state index contributed by atoms with van der Waals surface area (Å²) >= 11 is 0. The fraction of sp³-hybridized carbons (Fsp3) is 0.500. The van der Waals surface area contributed by atoms with E-state index in [9.17, 15) is 0 Å². The lowest BCUT2D eigenvalue weighted by atomic mass is 9.97. The van der Waals surface area contributed by atoms with Crippen LogP contribution >= 0.6 is 0 Å². The van der Waals surface area contributed by atoms with Crippen LogP contribution in [0.3, 0.4) is 0 Å². The molecule has 0 aromatic heterocycles. The highest BCUT2D eigenvalue weighted by molar-refractivity contribution is 5.32. The predicted octanol–water partition coefficient (Wildman–Crippen LogP) is 1.84. The Morgan fingerprint density at radius 3 is 2.73 bits per heavy atom. The van der Waals surface area contributed by atoms with E-state index in [2.05, 4.69) is 37.5 Å². The second kappa shape index (κ2) is 5.85. The second-order valence-corrected chi connectivity index (χ2v) is 3.86. The molecule has 0 heterocycles. The molecule has 0 aliphatic carbocycles. The van der Waals surface area contributed by atoms with Crippen molar-refractivity contribution in [2.24, 2.45) is 5.84 Å². The van der Waals surface area contributed by atoms with Crippen molar-refractivity contribution in [3.8, 4) is 0 Å². The van der Waals surface area contributed by atoms with Crippen molar-refractivity contribution in [1.82, 2.24) is 5.43 Å². The van der Waals surface area contributed by atoms with E-state index in [-0.39, 0.29) is 6.04 Å². The lowest BCUT2D eigenvalue weighted by Crippen LogP contribution is -2.29. The van der Waals surface area contributed by atoms with Crippen LogP contribution < -0.4 is 11.3 Å². The van der Waals surface area contributed by atoms with Crippen LogP contribution in [0.2, 0.25) is 0 Å². The van der Waals surface area contributed by atoms with Gasteiger partial charge < -0.3 is 4.74 Å². The van der Waals surface area contributed by atoms with Gasteiger partial charge in [-0.15, -0.1) is 0 Å². The minimum absolute atomic E-state index is 0.171. The summed E-state index contributed by atoms with van der Waals surface area (Å²) in [4.78, 5) is 0. The highest BCUT2D eigenvalue weighted by Crippen LogP contribution is 2.21. The third-order valence-corrected chi connectivity index (χ3v) is 2.62. The molecule has 1 rings (SSSR count). The average Bonchev–Trinajstić information content (AvgIpc) is 2.24. The van der Waals surface area contributed by atoms with Crippen LogP contribution in [-0.4, -0.2) is 13.7 Å². The quantitative estimate of drug-likeness (QED) is 0.573. The number of rotatable bonds is 5. The molecule has 3 N–H and O–H groups in total. The maximum atomic E-state index is 5.56. The zero-order chi connectivity index (χ0) is 11.3. The third-order valence-electron chi connectivity index (χ3n) is 2.62. The minimum Gasteiger partial charge on any atom is -0.385 e. The zero-order valence-corrected chi connectivity index (χ0v) is 9.71. The lowest BCUT2D eigenvalue weighted by Gasteiger charge is -2.18. The summed E-state index contributed by atoms with van der Waals surface area (Å²) in [6, 6.07) is 6.59. The summed E-state index contributed by atoms with van der Waals surface area (Å²) in [6.45, 7) is 4.90. The van der Waals surface area contributed by atoms with E-state index in [1.54, 1.807) is 7.11 Å². The van der Waals surface area contributed by atoms with E-state index in [1.807, 2.05) is 0 Å². The van der Waals surface area contributed by atoms with Gasteiger partial charge in [0.1, 0.15) is 0 Å². The van der Waals surface area contributed by atoms with E-state index in [1.165, 1.54) is 16.7 Å². The molecule has 0 aliphatic rings. The molecular weight excluding hydrogens is 188 g/mol. The molecule has 0 saturated heterocycles. The summed E-state index contributed by atoms with van der Waals surface area (Å²) < 4.78 is 5.07. The van der Waals surface area contributed by atoms with Gasteiger partial charge in [0.2, 0.25) is 0 Å². The van der Waals surface area contributed by atoms with E-state index in [4.69, 9.17) is 10.6 Å². The molecule has 0 fully saturated rings. The molecule has 0 radical (unpaired) electrons. The van der Waals surface area contributed by atoms with Crippen LogP contribution in [0.5, 0.6) is 0 Å². The molecule has 0 aliphatic heterocycles. The Labute approximate surface area is 91.6 Å². The van der Waals surface area contributed by atoms with Gasteiger partial charge in [0, 0.05) is 19.8 Å². The Balaban J connectivity index is 2.85. The summed E-state index contributed by atoms with van der Waals surface area (Å²) in [5.74, 6) is 5.56. The van der Waals surface area contributed by atoms with Crippen LogP contribution in [0.4, 0.5) is 0 Å². The van der Waals surface area contributed by atoms with Gasteiger partial charge in [-0.2, -0.15) is 0 Å². The summed E-state index contributed by atoms with van der Waals surface area (Å²) in [5, 5.41) is 0. The first kappa shape index (κ1) is 12.2. The second-order valence-electron chi connectivity index (χ2n) is 3.86. The molecule has 3 heteroatoms. The Kier molecular flexibility index (Phi) is 4.75. The normalized spacial score (nSPS) is 12.8. The molecule has 1 atom stereocenters. The number of ether oxygens (including phenoxy) is 1. The molecular formula is C12H20N2O. The van der Waals surface area contributed by atoms with Gasteiger partial charge in [0.15, 0.2) is 0 Å². The largest absolute Gasteiger partial charge is 0.385 e. The standard InChI is InChI=1S/C12H20N2O/c1-9-4-5-10(2)11(8-9)12(14-13)6-7-15-3/h4-5,8,12,14H,6-7,13H2,1-3H3. The Bertz CT molecular complexity index is 312. The average molecular weight is 208 g/mol. The highest BCUT2D eigenvalue weighted by atomic mass is 16.5. The number of nitrogens with one attached hydrogen (secondary N) is 1. The van der Waals surface area contributed by atoms with Crippen LogP contribution in [0.15, 0.2) is 18.2 Å². The monoisotopic (exact) mass is 208 g/mol. The maximum absolute atomic E-state index is 5.56. The molecule has 0 amide bonds. The predicted molar refractivity (Wildman–Crippen MR) is 62.5 cm³/mol. The molecule has 0 saturated carbocycles. The first-order chi connectivity index (χ1) is 7.19. The van der Waals surface area contributed by atoms with Crippen LogP contribution in [0.1, 0.15) is 29.2 Å². The molecule has 0 spiro atoms. The van der Waals surface area contributed by atoms with E-state index < -0.39 is 0 Å². The first-order valence-electron chi connectivity index (χ1n) is 5.21. The molecule has 84 valence electrons. The Hall–Kier alpha value is -0.900. The summed E-state index contributed by atoms with van der Waals surface area (Å²) in [7, 11) is 1.71. The minimum atomic E-state index is 0.171. The van der Waals surface area contributed by atoms with Crippen LogP contribution in [0, 0.1) is 13.8 Å². The lowest BCUT2D eigenvalue weighted by molar-refractivity contribution is 0.183. The molecule has 3 nitrogen and oxygen atoms in total. The number of hydrogen-bond donors (Lipinski definition) is 2. The van der Waals surface area contributed by atoms with Crippen molar-refractivity contribution >= 4 is 0 Å². The highest BCUT2D eigenvalue weighted by Gasteiger charge is 2.11. The molecule has 1 unspecified atom stereocenters. The van der Waals surface area contributed by atoms with Crippen LogP contribution in [0.25, 0.3) is 0 Å². The van der Waals surface area contributed by atoms with Crippen molar-refractivity contribution in [2.45, 2.75) is 26.3 Å². The van der Waals surface area contributed by atoms with Gasteiger partial charge in [0.25, 0.3) is 0 Å². The fourth-order valence-corrected chi connectivity index (χ4v) is 1.70. The van der Waals surface area contributed by atoms with Gasteiger partial charge in [-0.05, 0) is 31.4 Å². The number of benzene rings is 1. The molecule has 0 bridgehead atoms. The topological polar surface area (TPSA) is 47.3 Å². The number of methoxy groups -OCH3 is 1. The zero-order valence-electron chi connectivity index (χ0n) is 9.71. The van der Waals surface area contributed by atoms with Gasteiger partial charge in [0.05, 0.1) is 0 Å². The van der Waals surface area contributed by atoms with Crippen molar-refractivity contribution < 1.29 is 4.74 Å². The number of hydrazine groups is 1. The Morgan fingerprint density at radius 1 is 1.40 bits per heavy atom. The number of hydrogen-bond acceptors (Lipinski definition) is 3. The van der Waals surface area contributed by atoms with Crippen molar-refractivity contribution in [3.63, 3.8) is 0 Å². The van der Waals surface area contributed by atoms with Crippen molar-refractivity contribution in [2.75, 3.05) is 13.7 Å².